The summed E-state index contributed by atoms with van der Waals surface area (Å²) in [6.45, 7) is 4.79. The molecule has 0 aliphatic heterocycles. The molecule has 0 saturated carbocycles. The smallest absolute Gasteiger partial charge is 0.855 e. The van der Waals surface area contributed by atoms with Gasteiger partial charge >= 0.3 is 21.7 Å². The third-order valence-corrected chi connectivity index (χ3v) is 0. The Bertz CT molecular complexity index is 21.6. The van der Waals surface area contributed by atoms with Crippen molar-refractivity contribution in [2.45, 2.75) is 26.9 Å². The molecule has 0 aliphatic rings. The van der Waals surface area contributed by atoms with Crippen molar-refractivity contribution in [3.63, 3.8) is 0 Å². The van der Waals surface area contributed by atoms with Crippen molar-refractivity contribution in [3.8, 4) is 0 Å². The van der Waals surface area contributed by atoms with Crippen LogP contribution in [0.15, 0.2) is 0 Å². The van der Waals surface area contributed by atoms with Gasteiger partial charge in [-0.1, -0.05) is 20.8 Å². The molecule has 0 atom stereocenters. The van der Waals surface area contributed by atoms with Gasteiger partial charge in [-0.25, -0.2) is 0 Å². The molecule has 0 spiro atoms. The fraction of sp³-hybridized carbons (Fsp3) is 1.00. The van der Waals surface area contributed by atoms with E-state index in [1.165, 1.54) is 0 Å². The van der Waals surface area contributed by atoms with Gasteiger partial charge in [0, 0.05) is 0 Å². The summed E-state index contributed by atoms with van der Waals surface area (Å²) in [4.78, 5) is 0. The van der Waals surface area contributed by atoms with Crippen molar-refractivity contribution < 1.29 is 31.9 Å². The maximum absolute atomic E-state index is 9.53. The van der Waals surface area contributed by atoms with Crippen molar-refractivity contribution >= 4 is 0 Å². The van der Waals surface area contributed by atoms with Crippen LogP contribution in [0.3, 0.4) is 0 Å². The van der Waals surface area contributed by atoms with E-state index in [9.17, 15) is 5.11 Å². The van der Waals surface area contributed by atoms with E-state index >= 15 is 0 Å². The van der Waals surface area contributed by atoms with Crippen LogP contribution in [-0.2, 0) is 21.7 Å². The van der Waals surface area contributed by atoms with Crippen LogP contribution in [0.25, 0.3) is 0 Å². The molecule has 48 valence electrons. The van der Waals surface area contributed by atoms with E-state index < -0.39 is 6.10 Å². The Balaban J connectivity index is -0.0000000575. The molecule has 0 N–H and O–H groups in total. The van der Waals surface area contributed by atoms with Gasteiger partial charge in [0.2, 0.25) is 0 Å². The first-order valence-corrected chi connectivity index (χ1v) is 2.39. The van der Waals surface area contributed by atoms with Crippen LogP contribution in [0.2, 0.25) is 0 Å². The molecule has 0 rings (SSSR count). The first kappa shape index (κ1) is 15.9. The summed E-state index contributed by atoms with van der Waals surface area (Å²) in [6, 6.07) is 0. The molecular weight excluding hydrogens is 140 g/mol. The van der Waals surface area contributed by atoms with Crippen LogP contribution >= 0.6 is 0 Å². The van der Waals surface area contributed by atoms with Crippen LogP contribution in [-0.4, -0.2) is 12.7 Å². The Hall–Kier alpha value is 0.634. The predicted molar refractivity (Wildman–Crippen MR) is 25.7 cm³/mol. The van der Waals surface area contributed by atoms with Crippen LogP contribution in [0.4, 0.5) is 0 Å². The zero-order valence-corrected chi connectivity index (χ0v) is 7.16. The first-order chi connectivity index (χ1) is 3.15. The number of hydrogen-bond acceptors (Lipinski definition) is 2. The van der Waals surface area contributed by atoms with Gasteiger partial charge in [0.25, 0.3) is 0 Å². The molecule has 0 unspecified atom stereocenters. The molecule has 3 heteroatoms. The summed E-state index contributed by atoms with van der Waals surface area (Å²) in [5.41, 5.74) is 0. The fourth-order valence-corrected chi connectivity index (χ4v) is 0. The van der Waals surface area contributed by atoms with E-state index in [-0.39, 0.29) is 28.3 Å². The molecule has 0 heterocycles. The van der Waals surface area contributed by atoms with Gasteiger partial charge in [-0.3, -0.25) is 0 Å². The molecule has 0 aromatic rings. The van der Waals surface area contributed by atoms with Gasteiger partial charge in [0.15, 0.2) is 0 Å². The SMILES string of the molecule is CC(C)[O-].CC[O-].[Ti+2]. The number of hydrogen-bond donors (Lipinski definition) is 0. The predicted octanol–water partition coefficient (Wildman–Crippen LogP) is -0.881. The van der Waals surface area contributed by atoms with E-state index in [1.54, 1.807) is 20.8 Å². The summed E-state index contributed by atoms with van der Waals surface area (Å²) in [5.74, 6) is 0. The van der Waals surface area contributed by atoms with E-state index in [2.05, 4.69) is 0 Å². The minimum atomic E-state index is -0.417. The quantitative estimate of drug-likeness (QED) is 0.423. The normalized spacial score (nSPS) is 6.75. The van der Waals surface area contributed by atoms with Gasteiger partial charge in [-0.15, -0.1) is 12.7 Å². The van der Waals surface area contributed by atoms with E-state index in [1.807, 2.05) is 0 Å². The molecule has 8 heavy (non-hydrogen) atoms. The Morgan fingerprint density at radius 2 is 1.38 bits per heavy atom. The Morgan fingerprint density at radius 1 is 1.38 bits per heavy atom. The minimum absolute atomic E-state index is 0. The Labute approximate surface area is 65.8 Å². The second kappa shape index (κ2) is 15.6. The molecule has 0 aliphatic carbocycles. The van der Waals surface area contributed by atoms with Gasteiger partial charge < -0.3 is 10.2 Å². The first-order valence-electron chi connectivity index (χ1n) is 2.39. The van der Waals surface area contributed by atoms with Crippen molar-refractivity contribution in [2.75, 3.05) is 6.61 Å². The van der Waals surface area contributed by atoms with Crippen LogP contribution in [0.1, 0.15) is 20.8 Å². The van der Waals surface area contributed by atoms with Crippen LogP contribution in [0.5, 0.6) is 0 Å². The average molecular weight is 152 g/mol. The largest absolute Gasteiger partial charge is 2.00 e. The summed E-state index contributed by atoms with van der Waals surface area (Å²) in [7, 11) is 0. The van der Waals surface area contributed by atoms with Crippen molar-refractivity contribution in [2.24, 2.45) is 0 Å². The van der Waals surface area contributed by atoms with Crippen molar-refractivity contribution in [3.05, 3.63) is 0 Å². The topological polar surface area (TPSA) is 46.1 Å². The Morgan fingerprint density at radius 3 is 1.38 bits per heavy atom. The molecule has 0 fully saturated rings. The standard InChI is InChI=1S/C3H7O.C2H5O.Ti/c1-3(2)4;1-2-3;/h3H,1-2H3;2H2,1H3;/q2*-1;+2. The molecule has 0 amide bonds. The van der Waals surface area contributed by atoms with Gasteiger partial charge in [0.1, 0.15) is 0 Å². The van der Waals surface area contributed by atoms with E-state index in [0.717, 1.165) is 0 Å². The molecule has 0 radical (unpaired) electrons. The molecular formula is C5H12O2Ti. The molecule has 0 aromatic heterocycles. The van der Waals surface area contributed by atoms with E-state index in [0.29, 0.717) is 0 Å². The van der Waals surface area contributed by atoms with Gasteiger partial charge in [-0.2, -0.15) is 0 Å². The molecule has 0 aromatic carbocycles. The van der Waals surface area contributed by atoms with Gasteiger partial charge in [0.05, 0.1) is 0 Å². The fourth-order valence-electron chi connectivity index (χ4n) is 0. The molecule has 0 saturated heterocycles. The van der Waals surface area contributed by atoms with Crippen molar-refractivity contribution in [1.29, 1.82) is 0 Å². The molecule has 2 nitrogen and oxygen atoms in total. The van der Waals surface area contributed by atoms with Crippen molar-refractivity contribution in [1.82, 2.24) is 0 Å². The summed E-state index contributed by atoms with van der Waals surface area (Å²) < 4.78 is 0. The minimum Gasteiger partial charge on any atom is -0.855 e. The maximum Gasteiger partial charge on any atom is 2.00 e. The summed E-state index contributed by atoms with van der Waals surface area (Å²) in [6.07, 6.45) is -0.417. The maximum atomic E-state index is 9.53. The Kier molecular flexibility index (Phi) is 31.0. The second-order valence-electron chi connectivity index (χ2n) is 1.34. The van der Waals surface area contributed by atoms with Crippen LogP contribution < -0.4 is 10.2 Å². The van der Waals surface area contributed by atoms with Crippen LogP contribution in [0, 0.1) is 0 Å². The zero-order chi connectivity index (χ0) is 6.28. The summed E-state index contributed by atoms with van der Waals surface area (Å²) in [5, 5.41) is 18.5. The third kappa shape index (κ3) is 523. The zero-order valence-electron chi connectivity index (χ0n) is 5.60. The second-order valence-corrected chi connectivity index (χ2v) is 1.34. The van der Waals surface area contributed by atoms with E-state index in [4.69, 9.17) is 5.11 Å². The third-order valence-electron chi connectivity index (χ3n) is 0. The monoisotopic (exact) mass is 152 g/mol. The number of rotatable bonds is 0. The van der Waals surface area contributed by atoms with Gasteiger partial charge in [-0.05, 0) is 0 Å². The average Bonchev–Trinajstić information content (AvgIpc) is 1.33. The molecule has 0 bridgehead atoms. The summed E-state index contributed by atoms with van der Waals surface area (Å²) >= 11 is 0.